The summed E-state index contributed by atoms with van der Waals surface area (Å²) in [4.78, 5) is 26.0. The van der Waals surface area contributed by atoms with Gasteiger partial charge in [0.15, 0.2) is 0 Å². The van der Waals surface area contributed by atoms with Crippen molar-refractivity contribution in [2.24, 2.45) is 34.5 Å². The molecule has 8 aliphatic carbocycles. The summed E-state index contributed by atoms with van der Waals surface area (Å²) in [7, 11) is 0. The van der Waals surface area contributed by atoms with E-state index in [1.54, 1.807) is 0 Å². The summed E-state index contributed by atoms with van der Waals surface area (Å²) in [6.07, 6.45) is 9.47. The lowest BCUT2D eigenvalue weighted by atomic mass is 9.45. The third-order valence-electron chi connectivity index (χ3n) is 9.72. The van der Waals surface area contributed by atoms with Gasteiger partial charge in [-0.1, -0.05) is 0 Å². The van der Waals surface area contributed by atoms with Gasteiger partial charge in [-0.25, -0.2) is 4.79 Å². The topological polar surface area (TPSA) is 107 Å². The minimum Gasteiger partial charge on any atom is -0.480 e. The molecule has 0 aromatic heterocycles. The Bertz CT molecular complexity index is 749. The van der Waals surface area contributed by atoms with Crippen molar-refractivity contribution in [1.29, 1.82) is 0 Å². The SMILES string of the molecule is O=C(O)[C@@H](NC(=O)C12CC3CC(CC(O)(C3)C1)C2)C12CC3CC(CC(O)(C3)C1)C2. The van der Waals surface area contributed by atoms with Crippen molar-refractivity contribution in [1.82, 2.24) is 5.32 Å². The predicted molar refractivity (Wildman–Crippen MR) is 104 cm³/mol. The van der Waals surface area contributed by atoms with Gasteiger partial charge in [-0.3, -0.25) is 4.79 Å². The summed E-state index contributed by atoms with van der Waals surface area (Å²) < 4.78 is 0. The van der Waals surface area contributed by atoms with Gasteiger partial charge in [0.1, 0.15) is 6.04 Å². The molecule has 1 amide bonds. The highest BCUT2D eigenvalue weighted by Gasteiger charge is 2.64. The Kier molecular flexibility index (Phi) is 3.57. The Labute approximate surface area is 171 Å². The van der Waals surface area contributed by atoms with E-state index < -0.39 is 34.0 Å². The summed E-state index contributed by atoms with van der Waals surface area (Å²) in [6.45, 7) is 0. The van der Waals surface area contributed by atoms with Crippen LogP contribution in [0.15, 0.2) is 0 Å². The fraction of sp³-hybridized carbons (Fsp3) is 0.913. The third kappa shape index (κ3) is 2.67. The summed E-state index contributed by atoms with van der Waals surface area (Å²) in [5, 5.41) is 35.2. The summed E-state index contributed by atoms with van der Waals surface area (Å²) in [6, 6.07) is -0.935. The molecular formula is C23H33NO5. The Morgan fingerprint density at radius 3 is 1.69 bits per heavy atom. The van der Waals surface area contributed by atoms with Crippen LogP contribution in [0.2, 0.25) is 0 Å². The molecule has 5 atom stereocenters. The fourth-order valence-corrected chi connectivity index (χ4v) is 9.86. The zero-order valence-corrected chi connectivity index (χ0v) is 17.0. The third-order valence-corrected chi connectivity index (χ3v) is 9.72. The highest BCUT2D eigenvalue weighted by molar-refractivity contribution is 5.88. The van der Waals surface area contributed by atoms with Crippen LogP contribution in [0.25, 0.3) is 0 Å². The molecule has 0 aromatic rings. The number of hydrogen-bond acceptors (Lipinski definition) is 4. The Balaban J connectivity index is 1.29. The van der Waals surface area contributed by atoms with Gasteiger partial charge in [0.2, 0.25) is 5.91 Å². The van der Waals surface area contributed by atoms with Gasteiger partial charge in [-0.15, -0.1) is 0 Å². The molecule has 0 spiro atoms. The first-order valence-corrected chi connectivity index (χ1v) is 11.6. The van der Waals surface area contributed by atoms with Crippen LogP contribution in [-0.4, -0.2) is 44.4 Å². The fourth-order valence-electron chi connectivity index (χ4n) is 9.86. The van der Waals surface area contributed by atoms with Crippen molar-refractivity contribution in [3.63, 3.8) is 0 Å². The van der Waals surface area contributed by atoms with Crippen molar-refractivity contribution in [3.8, 4) is 0 Å². The van der Waals surface area contributed by atoms with Gasteiger partial charge in [-0.2, -0.15) is 0 Å². The number of amides is 1. The highest BCUT2D eigenvalue weighted by atomic mass is 16.4. The number of hydrogen-bond donors (Lipinski definition) is 4. The van der Waals surface area contributed by atoms with Crippen LogP contribution in [0.4, 0.5) is 0 Å². The number of carbonyl (C=O) groups is 2. The monoisotopic (exact) mass is 403 g/mol. The van der Waals surface area contributed by atoms with Crippen LogP contribution in [0.5, 0.6) is 0 Å². The molecule has 160 valence electrons. The van der Waals surface area contributed by atoms with Crippen molar-refractivity contribution < 1.29 is 24.9 Å². The lowest BCUT2D eigenvalue weighted by molar-refractivity contribution is -0.191. The van der Waals surface area contributed by atoms with Crippen LogP contribution in [0.1, 0.15) is 77.0 Å². The van der Waals surface area contributed by atoms with E-state index in [9.17, 15) is 24.9 Å². The van der Waals surface area contributed by atoms with Crippen molar-refractivity contribution >= 4 is 11.9 Å². The van der Waals surface area contributed by atoms with Crippen LogP contribution in [-0.2, 0) is 9.59 Å². The first kappa shape index (κ1) is 18.6. The first-order chi connectivity index (χ1) is 13.6. The number of aliphatic carboxylic acids is 1. The van der Waals surface area contributed by atoms with E-state index in [0.717, 1.165) is 64.2 Å². The quantitative estimate of drug-likeness (QED) is 0.576. The van der Waals surface area contributed by atoms with E-state index in [1.807, 2.05) is 0 Å². The summed E-state index contributed by atoms with van der Waals surface area (Å²) in [5.41, 5.74) is -2.63. The maximum Gasteiger partial charge on any atom is 0.326 e. The largest absolute Gasteiger partial charge is 0.480 e. The minimum absolute atomic E-state index is 0.153. The Morgan fingerprint density at radius 1 is 0.759 bits per heavy atom. The Morgan fingerprint density at radius 2 is 1.24 bits per heavy atom. The van der Waals surface area contributed by atoms with Gasteiger partial charge in [-0.05, 0) is 101 Å². The molecular weight excluding hydrogens is 370 g/mol. The maximum absolute atomic E-state index is 13.6. The molecule has 8 bridgehead atoms. The van der Waals surface area contributed by atoms with Gasteiger partial charge in [0.05, 0.1) is 16.6 Å². The van der Waals surface area contributed by atoms with Crippen LogP contribution in [0.3, 0.4) is 0 Å². The molecule has 0 radical (unpaired) electrons. The number of aliphatic hydroxyl groups is 2. The minimum atomic E-state index is -0.965. The molecule has 8 aliphatic rings. The molecule has 4 unspecified atom stereocenters. The molecule has 6 nitrogen and oxygen atoms in total. The zero-order chi connectivity index (χ0) is 20.2. The molecule has 8 rings (SSSR count). The van der Waals surface area contributed by atoms with E-state index in [1.165, 1.54) is 0 Å². The van der Waals surface area contributed by atoms with Gasteiger partial charge < -0.3 is 20.6 Å². The van der Waals surface area contributed by atoms with E-state index >= 15 is 0 Å². The number of rotatable bonds is 4. The lowest BCUT2D eigenvalue weighted by Crippen LogP contribution is -2.67. The highest BCUT2D eigenvalue weighted by Crippen LogP contribution is 2.64. The lowest BCUT2D eigenvalue weighted by Gasteiger charge is -2.62. The van der Waals surface area contributed by atoms with E-state index in [-0.39, 0.29) is 5.91 Å². The second-order valence-corrected chi connectivity index (χ2v) is 12.3. The molecule has 0 heterocycles. The number of carboxylic acids is 1. The second-order valence-electron chi connectivity index (χ2n) is 12.3. The maximum atomic E-state index is 13.6. The van der Waals surface area contributed by atoms with E-state index in [2.05, 4.69) is 5.32 Å². The normalized spacial score (nSPS) is 55.1. The first-order valence-electron chi connectivity index (χ1n) is 11.6. The molecule has 6 heteroatoms. The molecule has 8 fully saturated rings. The zero-order valence-electron chi connectivity index (χ0n) is 17.0. The van der Waals surface area contributed by atoms with Crippen LogP contribution in [0, 0.1) is 34.5 Å². The van der Waals surface area contributed by atoms with Crippen LogP contribution < -0.4 is 5.32 Å². The average Bonchev–Trinajstić information content (AvgIpc) is 2.54. The van der Waals surface area contributed by atoms with E-state index in [0.29, 0.717) is 36.5 Å². The standard InChI is InChI=1S/C23H33NO5/c25-18(26)17(20-3-13-1-14(4-20)8-22(28,7-13)11-20)24-19(27)21-5-15-2-16(6-21)10-23(29,9-15)12-21/h13-17,28-29H,1-12H2,(H,24,27)(H,25,26)/t13?,14?,15?,16?,17-,20?,21?,22?,23?/m1/s1. The average molecular weight is 404 g/mol. The van der Waals surface area contributed by atoms with Gasteiger partial charge in [0.25, 0.3) is 0 Å². The molecule has 0 aromatic carbocycles. The Hall–Kier alpha value is -1.14. The second kappa shape index (κ2) is 5.56. The number of carbonyl (C=O) groups excluding carboxylic acids is 1. The van der Waals surface area contributed by atoms with Crippen molar-refractivity contribution in [3.05, 3.63) is 0 Å². The van der Waals surface area contributed by atoms with Gasteiger partial charge in [0, 0.05) is 5.41 Å². The summed E-state index contributed by atoms with van der Waals surface area (Å²) in [5.74, 6) is 0.402. The van der Waals surface area contributed by atoms with Gasteiger partial charge >= 0.3 is 5.97 Å². The molecule has 4 N–H and O–H groups in total. The molecule has 8 saturated carbocycles. The number of nitrogens with one attached hydrogen (secondary N) is 1. The molecule has 0 aliphatic heterocycles. The van der Waals surface area contributed by atoms with Crippen molar-refractivity contribution in [2.75, 3.05) is 0 Å². The van der Waals surface area contributed by atoms with Crippen LogP contribution >= 0.6 is 0 Å². The van der Waals surface area contributed by atoms with Crippen molar-refractivity contribution in [2.45, 2.75) is 94.3 Å². The molecule has 0 saturated heterocycles. The number of carboxylic acid groups (broad SMARTS) is 1. The predicted octanol–water partition coefficient (Wildman–Crippen LogP) is 2.22. The van der Waals surface area contributed by atoms with E-state index in [4.69, 9.17) is 0 Å². The summed E-state index contributed by atoms with van der Waals surface area (Å²) >= 11 is 0. The molecule has 29 heavy (non-hydrogen) atoms. The smallest absolute Gasteiger partial charge is 0.326 e.